The predicted molar refractivity (Wildman–Crippen MR) is 100.0 cm³/mol. The molecule has 0 aliphatic rings. The zero-order chi connectivity index (χ0) is 20.4. The summed E-state index contributed by atoms with van der Waals surface area (Å²) in [5.41, 5.74) is 2.68. The van der Waals surface area contributed by atoms with Gasteiger partial charge in [-0.25, -0.2) is 13.5 Å². The van der Waals surface area contributed by atoms with Gasteiger partial charge in [-0.15, -0.1) is 0 Å². The molecule has 1 amide bonds. The number of benzene rings is 2. The lowest BCUT2D eigenvalue weighted by Gasteiger charge is -2.15. The van der Waals surface area contributed by atoms with Crippen LogP contribution in [0.4, 0.5) is 8.78 Å². The van der Waals surface area contributed by atoms with Crippen molar-refractivity contribution in [3.63, 3.8) is 0 Å². The van der Waals surface area contributed by atoms with Crippen LogP contribution in [0.2, 0.25) is 0 Å². The van der Waals surface area contributed by atoms with Gasteiger partial charge in [-0.3, -0.25) is 4.79 Å². The van der Waals surface area contributed by atoms with E-state index < -0.39 is 11.6 Å². The van der Waals surface area contributed by atoms with E-state index in [0.29, 0.717) is 22.5 Å². The lowest BCUT2D eigenvalue weighted by Crippen LogP contribution is -2.27. The monoisotopic (exact) mass is 380 g/mol. The van der Waals surface area contributed by atoms with Crippen molar-refractivity contribution in [2.45, 2.75) is 26.8 Å². The molecule has 1 heterocycles. The van der Waals surface area contributed by atoms with E-state index in [0.717, 1.165) is 17.7 Å². The summed E-state index contributed by atoms with van der Waals surface area (Å²) in [7, 11) is 0. The van der Waals surface area contributed by atoms with Gasteiger partial charge >= 0.3 is 0 Å². The molecule has 1 atom stereocenters. The number of halogens is 2. The molecular formula is C21H18F2N4O. The molecule has 5 nitrogen and oxygen atoms in total. The van der Waals surface area contributed by atoms with Gasteiger partial charge in [-0.2, -0.15) is 10.4 Å². The standard InChI is InChI=1S/C21H18F2N4O/c1-12(16-6-4-15(11-24)5-7-16)25-21(28)20-13(2)26-27(14(20)3)19-9-8-17(22)10-18(19)23/h4-10,12H,1-3H3,(H,25,28). The minimum Gasteiger partial charge on any atom is -0.345 e. The van der Waals surface area contributed by atoms with Gasteiger partial charge in [0.2, 0.25) is 0 Å². The largest absolute Gasteiger partial charge is 0.345 e. The zero-order valence-corrected chi connectivity index (χ0v) is 15.6. The van der Waals surface area contributed by atoms with E-state index in [-0.39, 0.29) is 17.6 Å². The molecule has 1 aromatic heterocycles. The van der Waals surface area contributed by atoms with Crippen molar-refractivity contribution in [1.82, 2.24) is 15.1 Å². The minimum atomic E-state index is -0.761. The van der Waals surface area contributed by atoms with Gasteiger partial charge < -0.3 is 5.32 Å². The van der Waals surface area contributed by atoms with E-state index in [4.69, 9.17) is 5.26 Å². The third-order valence-corrected chi connectivity index (χ3v) is 4.54. The Morgan fingerprint density at radius 2 is 1.86 bits per heavy atom. The molecule has 0 aliphatic heterocycles. The van der Waals surface area contributed by atoms with Gasteiger partial charge in [0.1, 0.15) is 11.5 Å². The molecule has 0 aliphatic carbocycles. The Morgan fingerprint density at radius 1 is 1.18 bits per heavy atom. The summed E-state index contributed by atoms with van der Waals surface area (Å²) in [6, 6.07) is 11.9. The third-order valence-electron chi connectivity index (χ3n) is 4.54. The summed E-state index contributed by atoms with van der Waals surface area (Å²) in [5.74, 6) is -1.79. The quantitative estimate of drug-likeness (QED) is 0.740. The van der Waals surface area contributed by atoms with E-state index in [9.17, 15) is 13.6 Å². The maximum Gasteiger partial charge on any atom is 0.255 e. The highest BCUT2D eigenvalue weighted by Gasteiger charge is 2.22. The normalized spacial score (nSPS) is 11.7. The molecule has 3 rings (SSSR count). The fourth-order valence-corrected chi connectivity index (χ4v) is 3.06. The first kappa shape index (κ1) is 19.2. The van der Waals surface area contributed by atoms with Crippen LogP contribution < -0.4 is 5.32 Å². The first-order valence-corrected chi connectivity index (χ1v) is 8.64. The van der Waals surface area contributed by atoms with Crippen molar-refractivity contribution in [1.29, 1.82) is 5.26 Å². The van der Waals surface area contributed by atoms with Crippen LogP contribution in [0.1, 0.15) is 45.8 Å². The molecule has 0 fully saturated rings. The molecule has 0 radical (unpaired) electrons. The van der Waals surface area contributed by atoms with E-state index in [1.165, 1.54) is 10.7 Å². The van der Waals surface area contributed by atoms with E-state index >= 15 is 0 Å². The lowest BCUT2D eigenvalue weighted by atomic mass is 10.1. The van der Waals surface area contributed by atoms with Crippen LogP contribution in [0, 0.1) is 36.8 Å². The van der Waals surface area contributed by atoms with Crippen molar-refractivity contribution < 1.29 is 13.6 Å². The fourth-order valence-electron chi connectivity index (χ4n) is 3.06. The van der Waals surface area contributed by atoms with Crippen molar-refractivity contribution in [2.75, 3.05) is 0 Å². The predicted octanol–water partition coefficient (Wildman–Crippen LogP) is 4.13. The average molecular weight is 380 g/mol. The maximum absolute atomic E-state index is 14.1. The second kappa shape index (κ2) is 7.61. The second-order valence-corrected chi connectivity index (χ2v) is 6.48. The number of carbonyl (C=O) groups is 1. The van der Waals surface area contributed by atoms with Gasteiger partial charge in [-0.1, -0.05) is 12.1 Å². The van der Waals surface area contributed by atoms with Crippen LogP contribution in [0.5, 0.6) is 0 Å². The first-order chi connectivity index (χ1) is 13.3. The molecule has 0 saturated carbocycles. The molecule has 0 saturated heterocycles. The van der Waals surface area contributed by atoms with Crippen molar-refractivity contribution in [3.05, 3.63) is 82.2 Å². The number of amides is 1. The average Bonchev–Trinajstić information content (AvgIpc) is 2.95. The topological polar surface area (TPSA) is 70.7 Å². The Bertz CT molecular complexity index is 1080. The van der Waals surface area contributed by atoms with Gasteiger partial charge in [0.25, 0.3) is 5.91 Å². The summed E-state index contributed by atoms with van der Waals surface area (Å²) in [6.07, 6.45) is 0. The molecular weight excluding hydrogens is 362 g/mol. The fraction of sp³-hybridized carbons (Fsp3) is 0.190. The Labute approximate surface area is 161 Å². The maximum atomic E-state index is 14.1. The smallest absolute Gasteiger partial charge is 0.255 e. The third kappa shape index (κ3) is 3.62. The number of nitrogens with zero attached hydrogens (tertiary/aromatic N) is 3. The summed E-state index contributed by atoms with van der Waals surface area (Å²) in [5, 5.41) is 16.0. The van der Waals surface area contributed by atoms with Crippen LogP contribution in [0.25, 0.3) is 5.69 Å². The number of nitriles is 1. The van der Waals surface area contributed by atoms with E-state index in [2.05, 4.69) is 10.4 Å². The Balaban J connectivity index is 1.88. The van der Waals surface area contributed by atoms with Crippen molar-refractivity contribution >= 4 is 5.91 Å². The van der Waals surface area contributed by atoms with Gasteiger partial charge in [0, 0.05) is 6.07 Å². The molecule has 2 aromatic carbocycles. The number of aromatic nitrogens is 2. The highest BCUT2D eigenvalue weighted by molar-refractivity contribution is 5.96. The van der Waals surface area contributed by atoms with Crippen LogP contribution in [-0.4, -0.2) is 15.7 Å². The highest BCUT2D eigenvalue weighted by atomic mass is 19.1. The summed E-state index contributed by atoms with van der Waals surface area (Å²) in [4.78, 5) is 12.8. The Morgan fingerprint density at radius 3 is 2.46 bits per heavy atom. The van der Waals surface area contributed by atoms with E-state index in [1.54, 1.807) is 38.1 Å². The second-order valence-electron chi connectivity index (χ2n) is 6.48. The molecule has 1 N–H and O–H groups in total. The van der Waals surface area contributed by atoms with Crippen LogP contribution >= 0.6 is 0 Å². The van der Waals surface area contributed by atoms with Crippen molar-refractivity contribution in [2.24, 2.45) is 0 Å². The Kier molecular flexibility index (Phi) is 5.23. The number of aryl methyl sites for hydroxylation is 1. The first-order valence-electron chi connectivity index (χ1n) is 8.64. The molecule has 3 aromatic rings. The minimum absolute atomic E-state index is 0.0705. The molecule has 0 spiro atoms. The van der Waals surface area contributed by atoms with Gasteiger partial charge in [-0.05, 0) is 50.6 Å². The van der Waals surface area contributed by atoms with Gasteiger partial charge in [0.15, 0.2) is 5.82 Å². The van der Waals surface area contributed by atoms with Crippen molar-refractivity contribution in [3.8, 4) is 11.8 Å². The van der Waals surface area contributed by atoms with E-state index in [1.807, 2.05) is 13.0 Å². The number of hydrogen-bond acceptors (Lipinski definition) is 3. The highest BCUT2D eigenvalue weighted by Crippen LogP contribution is 2.22. The Hall–Kier alpha value is -3.53. The summed E-state index contributed by atoms with van der Waals surface area (Å²) < 4.78 is 28.6. The molecule has 1 unspecified atom stereocenters. The summed E-state index contributed by atoms with van der Waals surface area (Å²) in [6.45, 7) is 5.14. The molecule has 142 valence electrons. The number of rotatable bonds is 4. The number of nitrogens with one attached hydrogen (secondary N) is 1. The summed E-state index contributed by atoms with van der Waals surface area (Å²) >= 11 is 0. The van der Waals surface area contributed by atoms with Crippen LogP contribution in [-0.2, 0) is 0 Å². The molecule has 7 heteroatoms. The van der Waals surface area contributed by atoms with Crippen LogP contribution in [0.15, 0.2) is 42.5 Å². The zero-order valence-electron chi connectivity index (χ0n) is 15.6. The van der Waals surface area contributed by atoms with Gasteiger partial charge in [0.05, 0.1) is 34.6 Å². The molecule has 28 heavy (non-hydrogen) atoms. The number of hydrogen-bond donors (Lipinski definition) is 1. The number of carbonyl (C=O) groups excluding carboxylic acids is 1. The van der Waals surface area contributed by atoms with Crippen LogP contribution in [0.3, 0.4) is 0 Å². The SMILES string of the molecule is Cc1nn(-c2ccc(F)cc2F)c(C)c1C(=O)NC(C)c1ccc(C#N)cc1. The molecule has 0 bridgehead atoms. The lowest BCUT2D eigenvalue weighted by molar-refractivity contribution is 0.0938.